The van der Waals surface area contributed by atoms with E-state index in [0.29, 0.717) is 30.4 Å². The van der Waals surface area contributed by atoms with Gasteiger partial charge in [-0.1, -0.05) is 0 Å². The summed E-state index contributed by atoms with van der Waals surface area (Å²) < 4.78 is 27.9. The molecule has 0 saturated carbocycles. The third-order valence-electron chi connectivity index (χ3n) is 7.38. The fraction of sp³-hybridized carbons (Fsp3) is 0.226. The molecular formula is C31H29FN6O5. The van der Waals surface area contributed by atoms with Crippen LogP contribution in [0.1, 0.15) is 22.8 Å². The molecule has 4 heterocycles. The maximum Gasteiger partial charge on any atom is 0.333 e. The number of pyridine rings is 1. The zero-order chi connectivity index (χ0) is 30.1. The summed E-state index contributed by atoms with van der Waals surface area (Å²) in [4.78, 5) is 45.5. The van der Waals surface area contributed by atoms with E-state index in [1.165, 1.54) is 17.0 Å². The number of H-pyrrole nitrogens is 1. The maximum atomic E-state index is 13.6. The monoisotopic (exact) mass is 584 g/mol. The first-order valence-corrected chi connectivity index (χ1v) is 13.8. The SMILES string of the molecule is CCN(C(=O)c1c[nH]c(=O)n(-c2ccc(F)cc2)c1=O)c1ccc(Oc2cc(N3CCOCC3)cn3nccc23)c(C)c1. The second-order valence-electron chi connectivity index (χ2n) is 10.0. The van der Waals surface area contributed by atoms with Gasteiger partial charge in [-0.05, 0) is 67.9 Å². The number of nitrogens with one attached hydrogen (secondary N) is 1. The van der Waals surface area contributed by atoms with Crippen LogP contribution in [0.2, 0.25) is 0 Å². The lowest BCUT2D eigenvalue weighted by Crippen LogP contribution is -2.41. The molecule has 5 aromatic rings. The smallest absolute Gasteiger partial charge is 0.333 e. The molecule has 0 atom stereocenters. The Morgan fingerprint density at radius 2 is 1.81 bits per heavy atom. The van der Waals surface area contributed by atoms with Crippen molar-refractivity contribution in [1.29, 1.82) is 0 Å². The summed E-state index contributed by atoms with van der Waals surface area (Å²) in [7, 11) is 0. The number of aryl methyl sites for hydroxylation is 1. The lowest BCUT2D eigenvalue weighted by Gasteiger charge is -2.29. The Bertz CT molecular complexity index is 1920. The molecule has 1 aliphatic rings. The number of nitrogens with zero attached hydrogens (tertiary/aromatic N) is 5. The second-order valence-corrected chi connectivity index (χ2v) is 10.0. The Kier molecular flexibility index (Phi) is 7.51. The number of ether oxygens (including phenoxy) is 2. The van der Waals surface area contributed by atoms with Crippen LogP contribution < -0.4 is 25.8 Å². The van der Waals surface area contributed by atoms with Crippen molar-refractivity contribution < 1.29 is 18.7 Å². The van der Waals surface area contributed by atoms with Gasteiger partial charge in [0.05, 0.1) is 37.0 Å². The van der Waals surface area contributed by atoms with Crippen molar-refractivity contribution in [2.75, 3.05) is 42.6 Å². The Morgan fingerprint density at radius 1 is 1.05 bits per heavy atom. The van der Waals surface area contributed by atoms with Crippen LogP contribution in [-0.2, 0) is 4.74 Å². The standard InChI is InChI=1S/C31H29FN6O5/c1-3-36(29(39)25-18-33-31(41)38(30(25)40)22-6-4-21(32)5-7-22)23-8-9-27(20(2)16-23)43-28-17-24(35-12-14-42-15-13-35)19-37-26(28)10-11-34-37/h4-11,16-19H,3,12-15H2,1-2H3,(H,33,41). The largest absolute Gasteiger partial charge is 0.455 e. The summed E-state index contributed by atoms with van der Waals surface area (Å²) in [5, 5.41) is 4.41. The van der Waals surface area contributed by atoms with E-state index < -0.39 is 23.0 Å². The first kappa shape index (κ1) is 27.9. The van der Waals surface area contributed by atoms with Crippen LogP contribution in [0.4, 0.5) is 15.8 Å². The van der Waals surface area contributed by atoms with Gasteiger partial charge in [0, 0.05) is 37.6 Å². The molecule has 3 aromatic heterocycles. The van der Waals surface area contributed by atoms with Crippen LogP contribution in [0.3, 0.4) is 0 Å². The number of halogens is 1. The predicted molar refractivity (Wildman–Crippen MR) is 159 cm³/mol. The van der Waals surface area contributed by atoms with Crippen molar-refractivity contribution in [3.05, 3.63) is 111 Å². The van der Waals surface area contributed by atoms with Crippen molar-refractivity contribution in [1.82, 2.24) is 19.2 Å². The molecule has 1 aliphatic heterocycles. The van der Waals surface area contributed by atoms with Gasteiger partial charge in [0.2, 0.25) is 0 Å². The van der Waals surface area contributed by atoms with Gasteiger partial charge in [0.1, 0.15) is 22.6 Å². The minimum atomic E-state index is -0.805. The molecule has 43 heavy (non-hydrogen) atoms. The predicted octanol–water partition coefficient (Wildman–Crippen LogP) is 3.92. The lowest BCUT2D eigenvalue weighted by molar-refractivity contribution is 0.0986. The van der Waals surface area contributed by atoms with Crippen molar-refractivity contribution in [2.24, 2.45) is 0 Å². The zero-order valence-corrected chi connectivity index (χ0v) is 23.6. The van der Waals surface area contributed by atoms with Crippen molar-refractivity contribution in [2.45, 2.75) is 13.8 Å². The molecule has 0 spiro atoms. The van der Waals surface area contributed by atoms with Crippen LogP contribution in [0.15, 0.2) is 82.8 Å². The molecule has 0 unspecified atom stereocenters. The van der Waals surface area contributed by atoms with Crippen molar-refractivity contribution in [3.8, 4) is 17.2 Å². The normalized spacial score (nSPS) is 13.3. The Labute approximate surface area is 245 Å². The van der Waals surface area contributed by atoms with E-state index in [1.54, 1.807) is 35.8 Å². The first-order chi connectivity index (χ1) is 20.8. The van der Waals surface area contributed by atoms with E-state index in [4.69, 9.17) is 9.47 Å². The van der Waals surface area contributed by atoms with Crippen LogP contribution in [0.25, 0.3) is 11.2 Å². The average Bonchev–Trinajstić information content (AvgIpc) is 3.49. The summed E-state index contributed by atoms with van der Waals surface area (Å²) in [6.07, 6.45) is 4.79. The molecule has 1 N–H and O–H groups in total. The van der Waals surface area contributed by atoms with Crippen molar-refractivity contribution in [3.63, 3.8) is 0 Å². The number of aromatic amines is 1. The number of rotatable bonds is 7. The van der Waals surface area contributed by atoms with E-state index in [2.05, 4.69) is 15.0 Å². The maximum absolute atomic E-state index is 13.6. The molecule has 2 aromatic carbocycles. The molecule has 1 fully saturated rings. The van der Waals surface area contributed by atoms with E-state index in [1.807, 2.05) is 25.3 Å². The highest BCUT2D eigenvalue weighted by molar-refractivity contribution is 6.05. The number of hydrogen-bond donors (Lipinski definition) is 1. The minimum Gasteiger partial charge on any atom is -0.455 e. The van der Waals surface area contributed by atoms with Crippen molar-refractivity contribution >= 4 is 22.8 Å². The number of carbonyl (C=O) groups excluding carboxylic acids is 1. The average molecular weight is 585 g/mol. The number of fused-ring (bicyclic) bond motifs is 1. The van der Waals surface area contributed by atoms with Crippen LogP contribution in [-0.4, -0.2) is 57.9 Å². The van der Waals surface area contributed by atoms with Gasteiger partial charge in [0.15, 0.2) is 5.75 Å². The third-order valence-corrected chi connectivity index (χ3v) is 7.38. The zero-order valence-electron chi connectivity index (χ0n) is 23.6. The lowest BCUT2D eigenvalue weighted by atomic mass is 10.1. The summed E-state index contributed by atoms with van der Waals surface area (Å²) in [5.74, 6) is 0.124. The molecular weight excluding hydrogens is 555 g/mol. The van der Waals surface area contributed by atoms with E-state index in [-0.39, 0.29) is 17.8 Å². The fourth-order valence-electron chi connectivity index (χ4n) is 5.13. The molecule has 0 bridgehead atoms. The highest BCUT2D eigenvalue weighted by Crippen LogP contribution is 2.34. The van der Waals surface area contributed by atoms with Crippen LogP contribution in [0, 0.1) is 12.7 Å². The van der Waals surface area contributed by atoms with Crippen LogP contribution in [0.5, 0.6) is 11.5 Å². The number of hydrogen-bond acceptors (Lipinski definition) is 7. The Morgan fingerprint density at radius 3 is 2.53 bits per heavy atom. The van der Waals surface area contributed by atoms with Gasteiger partial charge < -0.3 is 24.3 Å². The van der Waals surface area contributed by atoms with E-state index in [9.17, 15) is 18.8 Å². The van der Waals surface area contributed by atoms with Gasteiger partial charge >= 0.3 is 5.69 Å². The molecule has 6 rings (SSSR count). The van der Waals surface area contributed by atoms with Gasteiger partial charge in [-0.15, -0.1) is 0 Å². The highest BCUT2D eigenvalue weighted by Gasteiger charge is 2.23. The number of morpholine rings is 1. The highest BCUT2D eigenvalue weighted by atomic mass is 19.1. The number of anilines is 2. The second kappa shape index (κ2) is 11.6. The number of benzene rings is 2. The van der Waals surface area contributed by atoms with Gasteiger partial charge in [-0.25, -0.2) is 18.3 Å². The minimum absolute atomic E-state index is 0.146. The van der Waals surface area contributed by atoms with E-state index in [0.717, 1.165) is 52.8 Å². The molecule has 1 saturated heterocycles. The van der Waals surface area contributed by atoms with Gasteiger partial charge in [-0.2, -0.15) is 5.10 Å². The third kappa shape index (κ3) is 5.40. The Balaban J connectivity index is 1.30. The Hall–Kier alpha value is -5.23. The number of carbonyl (C=O) groups is 1. The molecule has 0 radical (unpaired) electrons. The molecule has 0 aliphatic carbocycles. The summed E-state index contributed by atoms with van der Waals surface area (Å²) in [6, 6.07) is 14.1. The number of amides is 1. The van der Waals surface area contributed by atoms with E-state index >= 15 is 0 Å². The summed E-state index contributed by atoms with van der Waals surface area (Å²) in [5.41, 5.74) is 1.47. The summed E-state index contributed by atoms with van der Waals surface area (Å²) in [6.45, 7) is 6.76. The summed E-state index contributed by atoms with van der Waals surface area (Å²) >= 11 is 0. The molecule has 1 amide bonds. The first-order valence-electron chi connectivity index (χ1n) is 13.8. The molecule has 11 nitrogen and oxygen atoms in total. The molecule has 12 heteroatoms. The quantitative estimate of drug-likeness (QED) is 0.309. The fourth-order valence-corrected chi connectivity index (χ4v) is 5.13. The van der Waals surface area contributed by atoms with Gasteiger partial charge in [-0.3, -0.25) is 9.59 Å². The number of aromatic nitrogens is 4. The van der Waals surface area contributed by atoms with Crippen LogP contribution >= 0.6 is 0 Å². The van der Waals surface area contributed by atoms with Gasteiger partial charge in [0.25, 0.3) is 11.5 Å². The topological polar surface area (TPSA) is 114 Å². The molecule has 220 valence electrons.